The lowest BCUT2D eigenvalue weighted by Gasteiger charge is -2.04. The molecule has 0 spiro atoms. The number of aliphatic imine (C=N–C) groups is 1. The summed E-state index contributed by atoms with van der Waals surface area (Å²) in [6, 6.07) is 0.874. The highest BCUT2D eigenvalue weighted by Crippen LogP contribution is 2.30. The van der Waals surface area contributed by atoms with Crippen molar-refractivity contribution in [3.8, 4) is 5.75 Å². The number of rotatable bonds is 2. The van der Waals surface area contributed by atoms with Gasteiger partial charge in [-0.2, -0.15) is 0 Å². The number of phenolic OH excluding ortho intramolecular Hbond substituents is 1. The highest BCUT2D eigenvalue weighted by atomic mass is 19.2. The van der Waals surface area contributed by atoms with Crippen LogP contribution in [0.4, 0.5) is 36.4 Å². The number of halogens is 7. The predicted octanol–water partition coefficient (Wildman–Crippen LogP) is 4.12. The minimum atomic E-state index is -2.37. The molecule has 0 bridgehead atoms. The first-order valence-electron chi connectivity index (χ1n) is 5.47. The predicted molar refractivity (Wildman–Crippen MR) is 61.5 cm³/mol. The number of hydrogen-bond donors (Lipinski definition) is 1. The van der Waals surface area contributed by atoms with E-state index in [1.54, 1.807) is 0 Å². The molecule has 0 unspecified atom stereocenters. The van der Waals surface area contributed by atoms with Gasteiger partial charge in [-0.05, 0) is 6.07 Å². The first-order valence-corrected chi connectivity index (χ1v) is 5.47. The van der Waals surface area contributed by atoms with Crippen LogP contribution in [0.15, 0.2) is 17.1 Å². The van der Waals surface area contributed by atoms with E-state index in [1.807, 2.05) is 0 Å². The van der Waals surface area contributed by atoms with E-state index in [1.165, 1.54) is 0 Å². The molecule has 22 heavy (non-hydrogen) atoms. The molecule has 2 aromatic carbocycles. The van der Waals surface area contributed by atoms with Crippen LogP contribution < -0.4 is 0 Å². The molecule has 0 aliphatic rings. The Kier molecular flexibility index (Phi) is 4.07. The zero-order valence-electron chi connectivity index (χ0n) is 10.3. The number of nitrogens with zero attached hydrogens (tertiary/aromatic N) is 1. The summed E-state index contributed by atoms with van der Waals surface area (Å²) in [5, 5.41) is 9.26. The molecule has 0 saturated heterocycles. The zero-order chi connectivity index (χ0) is 16.6. The van der Waals surface area contributed by atoms with Crippen LogP contribution in [-0.4, -0.2) is 11.3 Å². The maximum Gasteiger partial charge on any atom is 0.200 e. The first-order chi connectivity index (χ1) is 10.2. The Bertz CT molecular complexity index is 760. The summed E-state index contributed by atoms with van der Waals surface area (Å²) in [6.07, 6.45) is 0.361. The molecule has 1 N–H and O–H groups in total. The molecule has 0 heterocycles. The maximum absolute atomic E-state index is 13.3. The van der Waals surface area contributed by atoms with Crippen molar-refractivity contribution in [1.29, 1.82) is 0 Å². The van der Waals surface area contributed by atoms with Crippen LogP contribution in [0, 0.1) is 40.7 Å². The Morgan fingerprint density at radius 3 is 1.82 bits per heavy atom. The number of hydrogen-bond acceptors (Lipinski definition) is 2. The van der Waals surface area contributed by atoms with Crippen LogP contribution in [-0.2, 0) is 0 Å². The number of benzene rings is 2. The molecule has 0 saturated carbocycles. The van der Waals surface area contributed by atoms with Gasteiger partial charge in [-0.3, -0.25) is 0 Å². The standard InChI is InChI=1S/C13H4F7NO/c14-5-1-4(13(22)6(15)2-5)3-21-12-10(19)8(17)7(16)9(18)11(12)20/h1-3,22H/b21-3+. The summed E-state index contributed by atoms with van der Waals surface area (Å²) in [4.78, 5) is 2.97. The fourth-order valence-electron chi connectivity index (χ4n) is 1.53. The fourth-order valence-corrected chi connectivity index (χ4v) is 1.53. The third kappa shape index (κ3) is 2.61. The van der Waals surface area contributed by atoms with Gasteiger partial charge < -0.3 is 5.11 Å². The van der Waals surface area contributed by atoms with Gasteiger partial charge >= 0.3 is 0 Å². The molecule has 2 nitrogen and oxygen atoms in total. The molecule has 9 heteroatoms. The van der Waals surface area contributed by atoms with E-state index in [2.05, 4.69) is 4.99 Å². The Morgan fingerprint density at radius 2 is 1.27 bits per heavy atom. The molecule has 2 rings (SSSR count). The van der Waals surface area contributed by atoms with E-state index in [0.717, 1.165) is 0 Å². The Morgan fingerprint density at radius 1 is 0.773 bits per heavy atom. The molecule has 0 aliphatic heterocycles. The van der Waals surface area contributed by atoms with E-state index in [4.69, 9.17) is 0 Å². The van der Waals surface area contributed by atoms with E-state index in [9.17, 15) is 35.8 Å². The third-order valence-corrected chi connectivity index (χ3v) is 2.58. The van der Waals surface area contributed by atoms with Crippen LogP contribution in [0.2, 0.25) is 0 Å². The molecule has 0 amide bonds. The van der Waals surface area contributed by atoms with Gasteiger partial charge in [-0.15, -0.1) is 0 Å². The highest BCUT2D eigenvalue weighted by molar-refractivity contribution is 5.85. The lowest BCUT2D eigenvalue weighted by atomic mass is 10.2. The average molecular weight is 323 g/mol. The molecule has 2 aromatic rings. The van der Waals surface area contributed by atoms with Gasteiger partial charge in [0.05, 0.1) is 0 Å². The molecule has 0 aromatic heterocycles. The van der Waals surface area contributed by atoms with Crippen LogP contribution >= 0.6 is 0 Å². The van der Waals surface area contributed by atoms with E-state index in [0.29, 0.717) is 18.3 Å². The quantitative estimate of drug-likeness (QED) is 0.383. The highest BCUT2D eigenvalue weighted by Gasteiger charge is 2.25. The second kappa shape index (κ2) is 5.66. The first kappa shape index (κ1) is 15.8. The van der Waals surface area contributed by atoms with E-state index < -0.39 is 57.7 Å². The van der Waals surface area contributed by atoms with Crippen LogP contribution in [0.25, 0.3) is 0 Å². The van der Waals surface area contributed by atoms with Gasteiger partial charge in [0.2, 0.25) is 5.82 Å². The van der Waals surface area contributed by atoms with Gasteiger partial charge in [0.1, 0.15) is 11.5 Å². The molecule has 0 atom stereocenters. The van der Waals surface area contributed by atoms with Gasteiger partial charge in [-0.25, -0.2) is 35.7 Å². The largest absolute Gasteiger partial charge is 0.504 e. The number of aromatic hydroxyl groups is 1. The van der Waals surface area contributed by atoms with Crippen molar-refractivity contribution in [2.75, 3.05) is 0 Å². The van der Waals surface area contributed by atoms with Crippen LogP contribution in [0.5, 0.6) is 5.75 Å². The summed E-state index contributed by atoms with van der Waals surface area (Å²) >= 11 is 0. The van der Waals surface area contributed by atoms with Gasteiger partial charge in [0.25, 0.3) is 0 Å². The molecule has 116 valence electrons. The smallest absolute Gasteiger partial charge is 0.200 e. The summed E-state index contributed by atoms with van der Waals surface area (Å²) < 4.78 is 91.3. The average Bonchev–Trinajstić information content (AvgIpc) is 2.47. The van der Waals surface area contributed by atoms with Crippen LogP contribution in [0.1, 0.15) is 5.56 Å². The minimum absolute atomic E-state index is 0.324. The molecular formula is C13H4F7NO. The van der Waals surface area contributed by atoms with Crippen molar-refractivity contribution < 1.29 is 35.8 Å². The SMILES string of the molecule is Oc1c(F)cc(F)cc1/C=N/c1c(F)c(F)c(F)c(F)c1F. The van der Waals surface area contributed by atoms with Crippen molar-refractivity contribution in [2.24, 2.45) is 4.99 Å². The monoisotopic (exact) mass is 323 g/mol. The molecular weight excluding hydrogens is 319 g/mol. The van der Waals surface area contributed by atoms with Gasteiger partial charge in [-0.1, -0.05) is 0 Å². The molecule has 0 fully saturated rings. The third-order valence-electron chi connectivity index (χ3n) is 2.58. The second-order valence-corrected chi connectivity index (χ2v) is 4.00. The Hall–Kier alpha value is -2.58. The van der Waals surface area contributed by atoms with Crippen molar-refractivity contribution in [3.63, 3.8) is 0 Å². The van der Waals surface area contributed by atoms with Crippen molar-refractivity contribution >= 4 is 11.9 Å². The normalized spacial score (nSPS) is 11.4. The van der Waals surface area contributed by atoms with Crippen molar-refractivity contribution in [2.45, 2.75) is 0 Å². The van der Waals surface area contributed by atoms with Gasteiger partial charge in [0, 0.05) is 17.8 Å². The topological polar surface area (TPSA) is 32.6 Å². The summed E-state index contributed by atoms with van der Waals surface area (Å²) in [6.45, 7) is 0. The molecule has 0 radical (unpaired) electrons. The summed E-state index contributed by atoms with van der Waals surface area (Å²) in [7, 11) is 0. The Balaban J connectivity index is 2.57. The van der Waals surface area contributed by atoms with Gasteiger partial charge in [0.15, 0.2) is 34.8 Å². The lowest BCUT2D eigenvalue weighted by Crippen LogP contribution is -2.01. The minimum Gasteiger partial charge on any atom is -0.504 e. The van der Waals surface area contributed by atoms with E-state index >= 15 is 0 Å². The van der Waals surface area contributed by atoms with Crippen molar-refractivity contribution in [1.82, 2.24) is 0 Å². The number of phenols is 1. The van der Waals surface area contributed by atoms with Crippen molar-refractivity contribution in [3.05, 3.63) is 58.4 Å². The second-order valence-electron chi connectivity index (χ2n) is 4.00. The molecule has 0 aliphatic carbocycles. The fraction of sp³-hybridized carbons (Fsp3) is 0. The lowest BCUT2D eigenvalue weighted by molar-refractivity contribution is 0.381. The van der Waals surface area contributed by atoms with E-state index in [-0.39, 0.29) is 0 Å². The zero-order valence-corrected chi connectivity index (χ0v) is 10.3. The summed E-state index contributed by atoms with van der Waals surface area (Å²) in [5.74, 6) is -14.9. The Labute approximate surface area is 118 Å². The maximum atomic E-state index is 13.3. The summed E-state index contributed by atoms with van der Waals surface area (Å²) in [5.41, 5.74) is -2.21. The van der Waals surface area contributed by atoms with Crippen LogP contribution in [0.3, 0.4) is 0 Å².